The number of carbonyl (C=O) groups excluding carboxylic acids is 3. The summed E-state index contributed by atoms with van der Waals surface area (Å²) in [7, 11) is 1.59. The fourth-order valence-electron chi connectivity index (χ4n) is 2.48. The summed E-state index contributed by atoms with van der Waals surface area (Å²) in [5.74, 6) is -1.65. The number of esters is 1. The molecule has 7 heteroatoms. The van der Waals surface area contributed by atoms with E-state index < -0.39 is 11.9 Å². The molecule has 1 unspecified atom stereocenters. The van der Waals surface area contributed by atoms with Crippen LogP contribution in [0.5, 0.6) is 5.75 Å². The topological polar surface area (TPSA) is 81.7 Å². The molecule has 1 atom stereocenters. The van der Waals surface area contributed by atoms with Crippen molar-refractivity contribution in [1.82, 2.24) is 5.32 Å². The van der Waals surface area contributed by atoms with Gasteiger partial charge in [-0.15, -0.1) is 0 Å². The van der Waals surface area contributed by atoms with Crippen LogP contribution in [0.1, 0.15) is 22.8 Å². The van der Waals surface area contributed by atoms with Crippen molar-refractivity contribution < 1.29 is 23.9 Å². The first-order valence-corrected chi connectivity index (χ1v) is 9.53. The van der Waals surface area contributed by atoms with Crippen LogP contribution < -0.4 is 10.1 Å². The molecule has 0 fully saturated rings. The fraction of sp³-hybridized carbons (Fsp3) is 0.286. The second-order valence-corrected chi connectivity index (χ2v) is 7.06. The van der Waals surface area contributed by atoms with E-state index in [1.807, 2.05) is 24.3 Å². The number of ketones is 1. The number of hydrogen-bond acceptors (Lipinski definition) is 5. The van der Waals surface area contributed by atoms with Crippen LogP contribution in [0.15, 0.2) is 53.0 Å². The van der Waals surface area contributed by atoms with Crippen LogP contribution in [0.4, 0.5) is 0 Å². The first kappa shape index (κ1) is 21.6. The lowest BCUT2D eigenvalue weighted by atomic mass is 10.1. The van der Waals surface area contributed by atoms with Gasteiger partial charge in [-0.25, -0.2) is 0 Å². The molecule has 2 aromatic carbocycles. The number of carbonyl (C=O) groups is 3. The zero-order valence-corrected chi connectivity index (χ0v) is 17.3. The number of hydrogen-bond donors (Lipinski definition) is 1. The first-order valence-electron chi connectivity index (χ1n) is 8.74. The third kappa shape index (κ3) is 6.49. The Labute approximate surface area is 172 Å². The number of nitrogens with one attached hydrogen (secondary N) is 1. The molecule has 148 valence electrons. The van der Waals surface area contributed by atoms with Gasteiger partial charge in [0.25, 0.3) is 5.91 Å². The maximum Gasteiger partial charge on any atom is 0.318 e. The number of benzene rings is 2. The summed E-state index contributed by atoms with van der Waals surface area (Å²) in [6.45, 7) is 1.34. The smallest absolute Gasteiger partial charge is 0.318 e. The highest BCUT2D eigenvalue weighted by Crippen LogP contribution is 2.13. The summed E-state index contributed by atoms with van der Waals surface area (Å²) in [6, 6.07) is 14.3. The lowest BCUT2D eigenvalue weighted by Gasteiger charge is -2.14. The van der Waals surface area contributed by atoms with Crippen LogP contribution in [-0.4, -0.2) is 37.9 Å². The predicted molar refractivity (Wildman–Crippen MR) is 108 cm³/mol. The summed E-state index contributed by atoms with van der Waals surface area (Å²) in [5.41, 5.74) is 1.42. The van der Waals surface area contributed by atoms with Crippen molar-refractivity contribution in [2.24, 2.45) is 5.92 Å². The maximum absolute atomic E-state index is 12.3. The molecule has 0 radical (unpaired) electrons. The van der Waals surface area contributed by atoms with Crippen molar-refractivity contribution in [2.75, 3.05) is 20.3 Å². The van der Waals surface area contributed by atoms with Gasteiger partial charge in [0.1, 0.15) is 17.5 Å². The molecule has 0 bridgehead atoms. The minimum Gasteiger partial charge on any atom is -0.497 e. The van der Waals surface area contributed by atoms with E-state index in [2.05, 4.69) is 21.2 Å². The molecule has 1 N–H and O–H groups in total. The zero-order valence-electron chi connectivity index (χ0n) is 15.7. The number of ether oxygens (including phenoxy) is 2. The molecule has 2 aromatic rings. The van der Waals surface area contributed by atoms with Gasteiger partial charge in [-0.05, 0) is 42.8 Å². The molecule has 28 heavy (non-hydrogen) atoms. The molecule has 0 spiro atoms. The molecule has 6 nitrogen and oxygen atoms in total. The Morgan fingerprint density at radius 3 is 2.43 bits per heavy atom. The number of halogens is 1. The normalized spacial score (nSPS) is 11.4. The molecule has 0 saturated heterocycles. The van der Waals surface area contributed by atoms with Crippen LogP contribution in [0, 0.1) is 5.92 Å². The van der Waals surface area contributed by atoms with E-state index in [1.165, 1.54) is 6.92 Å². The third-order valence-corrected chi connectivity index (χ3v) is 4.62. The van der Waals surface area contributed by atoms with Gasteiger partial charge < -0.3 is 14.8 Å². The first-order chi connectivity index (χ1) is 13.4. The van der Waals surface area contributed by atoms with Crippen molar-refractivity contribution in [3.8, 4) is 5.75 Å². The van der Waals surface area contributed by atoms with Gasteiger partial charge in [0.2, 0.25) is 0 Å². The zero-order chi connectivity index (χ0) is 20.5. The highest BCUT2D eigenvalue weighted by Gasteiger charge is 2.25. The second-order valence-electron chi connectivity index (χ2n) is 6.15. The lowest BCUT2D eigenvalue weighted by molar-refractivity contribution is -0.151. The van der Waals surface area contributed by atoms with Crippen molar-refractivity contribution in [2.45, 2.75) is 13.3 Å². The van der Waals surface area contributed by atoms with Gasteiger partial charge in [-0.3, -0.25) is 14.4 Å². The summed E-state index contributed by atoms with van der Waals surface area (Å²) in [5, 5.41) is 2.61. The van der Waals surface area contributed by atoms with E-state index in [1.54, 1.807) is 31.4 Å². The van der Waals surface area contributed by atoms with Crippen molar-refractivity contribution in [3.05, 3.63) is 64.1 Å². The molecular formula is C21H22BrNO5. The SMILES string of the molecule is COc1ccc(CCOC(=O)C(CNC(=O)c2cccc(Br)c2)C(C)=O)cc1. The predicted octanol–water partition coefficient (Wildman–Crippen LogP) is 3.18. The average molecular weight is 448 g/mol. The van der Waals surface area contributed by atoms with Gasteiger partial charge >= 0.3 is 5.97 Å². The Balaban J connectivity index is 1.85. The van der Waals surface area contributed by atoms with Crippen LogP contribution >= 0.6 is 15.9 Å². The highest BCUT2D eigenvalue weighted by molar-refractivity contribution is 9.10. The Morgan fingerprint density at radius 2 is 1.82 bits per heavy atom. The summed E-state index contributed by atoms with van der Waals surface area (Å²) in [6.07, 6.45) is 0.519. The van der Waals surface area contributed by atoms with Gasteiger partial charge in [0.15, 0.2) is 0 Å². The standard InChI is InChI=1S/C21H22BrNO5/c1-14(24)19(13-23-20(25)16-4-3-5-17(22)12-16)21(26)28-11-10-15-6-8-18(27-2)9-7-15/h3-9,12,19H,10-11,13H2,1-2H3,(H,23,25). The second kappa shape index (κ2) is 10.6. The van der Waals surface area contributed by atoms with E-state index in [0.717, 1.165) is 15.8 Å². The molecule has 0 aliphatic heterocycles. The van der Waals surface area contributed by atoms with Crippen LogP contribution in [-0.2, 0) is 20.7 Å². The van der Waals surface area contributed by atoms with Gasteiger partial charge in [0, 0.05) is 23.0 Å². The number of methoxy groups -OCH3 is 1. The van der Waals surface area contributed by atoms with E-state index >= 15 is 0 Å². The quantitative estimate of drug-likeness (QED) is 0.471. The lowest BCUT2D eigenvalue weighted by Crippen LogP contribution is -2.37. The van der Waals surface area contributed by atoms with E-state index in [0.29, 0.717) is 12.0 Å². The monoisotopic (exact) mass is 447 g/mol. The summed E-state index contributed by atoms with van der Waals surface area (Å²) < 4.78 is 11.1. The molecule has 0 saturated carbocycles. The van der Waals surface area contributed by atoms with Gasteiger partial charge in [-0.1, -0.05) is 34.1 Å². The minimum atomic E-state index is -1.04. The Bertz CT molecular complexity index is 835. The molecule has 2 rings (SSSR count). The Hall–Kier alpha value is -2.67. The third-order valence-electron chi connectivity index (χ3n) is 4.12. The molecule has 1 amide bonds. The molecular weight excluding hydrogens is 426 g/mol. The molecule has 0 aromatic heterocycles. The minimum absolute atomic E-state index is 0.109. The highest BCUT2D eigenvalue weighted by atomic mass is 79.9. The molecule has 0 aliphatic carbocycles. The van der Waals surface area contributed by atoms with E-state index in [-0.39, 0.29) is 24.8 Å². The maximum atomic E-state index is 12.3. The summed E-state index contributed by atoms with van der Waals surface area (Å²) >= 11 is 3.30. The van der Waals surface area contributed by atoms with Crippen molar-refractivity contribution in [1.29, 1.82) is 0 Å². The van der Waals surface area contributed by atoms with Crippen LogP contribution in [0.25, 0.3) is 0 Å². The Kier molecular flexibility index (Phi) is 8.19. The largest absolute Gasteiger partial charge is 0.497 e. The summed E-state index contributed by atoms with van der Waals surface area (Å²) in [4.78, 5) is 36.3. The van der Waals surface area contributed by atoms with Gasteiger partial charge in [0.05, 0.1) is 13.7 Å². The number of amides is 1. The van der Waals surface area contributed by atoms with Crippen LogP contribution in [0.3, 0.4) is 0 Å². The van der Waals surface area contributed by atoms with Gasteiger partial charge in [-0.2, -0.15) is 0 Å². The van der Waals surface area contributed by atoms with E-state index in [4.69, 9.17) is 9.47 Å². The van der Waals surface area contributed by atoms with E-state index in [9.17, 15) is 14.4 Å². The molecule has 0 heterocycles. The average Bonchev–Trinajstić information content (AvgIpc) is 2.68. The Morgan fingerprint density at radius 1 is 1.11 bits per heavy atom. The number of Topliss-reactive ketones (excluding diaryl/α,β-unsaturated/α-hetero) is 1. The number of rotatable bonds is 9. The van der Waals surface area contributed by atoms with Crippen molar-refractivity contribution in [3.63, 3.8) is 0 Å². The van der Waals surface area contributed by atoms with Crippen LogP contribution in [0.2, 0.25) is 0 Å². The van der Waals surface area contributed by atoms with Crippen molar-refractivity contribution >= 4 is 33.6 Å². The fourth-order valence-corrected chi connectivity index (χ4v) is 2.88. The molecule has 0 aliphatic rings.